The first-order valence-corrected chi connectivity index (χ1v) is 8.22. The van der Waals surface area contributed by atoms with Gasteiger partial charge in [0.25, 0.3) is 5.91 Å². The fourth-order valence-electron chi connectivity index (χ4n) is 2.92. The van der Waals surface area contributed by atoms with Crippen molar-refractivity contribution in [2.45, 2.75) is 19.3 Å². The quantitative estimate of drug-likeness (QED) is 0.827. The first-order chi connectivity index (χ1) is 11.1. The van der Waals surface area contributed by atoms with Gasteiger partial charge in [-0.1, -0.05) is 11.6 Å². The van der Waals surface area contributed by atoms with Crippen LogP contribution in [-0.4, -0.2) is 55.9 Å². The molecular weight excluding hydrogens is 318 g/mol. The summed E-state index contributed by atoms with van der Waals surface area (Å²) in [6.07, 6.45) is 2.55. The minimum atomic E-state index is -0.260. The Balaban J connectivity index is 1.89. The Morgan fingerprint density at radius 3 is 2.78 bits per heavy atom. The molecule has 1 N–H and O–H groups in total. The number of likely N-dealkylation sites (tertiary alicyclic amines) is 1. The largest absolute Gasteiger partial charge is 0.484 e. The van der Waals surface area contributed by atoms with E-state index in [1.54, 1.807) is 36.3 Å². The Bertz CT molecular complexity index is 508. The number of nitrogens with zero attached hydrogens (tertiary/aromatic N) is 1. The summed E-state index contributed by atoms with van der Waals surface area (Å²) in [5.41, 5.74) is -0.260. The van der Waals surface area contributed by atoms with E-state index >= 15 is 0 Å². The number of ether oxygens (including phenoxy) is 2. The molecule has 0 spiro atoms. The molecule has 0 aliphatic carbocycles. The Labute approximate surface area is 142 Å². The summed E-state index contributed by atoms with van der Waals surface area (Å²) in [6.45, 7) is 1.91. The van der Waals surface area contributed by atoms with E-state index in [9.17, 15) is 9.90 Å². The van der Waals surface area contributed by atoms with Crippen molar-refractivity contribution < 1.29 is 19.4 Å². The Kier molecular flexibility index (Phi) is 6.69. The molecule has 1 aromatic rings. The van der Waals surface area contributed by atoms with Crippen LogP contribution in [0.5, 0.6) is 5.75 Å². The number of aliphatic hydroxyl groups is 1. The van der Waals surface area contributed by atoms with Crippen LogP contribution < -0.4 is 4.74 Å². The lowest BCUT2D eigenvalue weighted by Crippen LogP contribution is -2.49. The number of rotatable bonds is 7. The van der Waals surface area contributed by atoms with Crippen molar-refractivity contribution in [3.63, 3.8) is 0 Å². The van der Waals surface area contributed by atoms with Crippen LogP contribution in [0.3, 0.4) is 0 Å². The third-order valence-electron chi connectivity index (χ3n) is 4.36. The minimum absolute atomic E-state index is 0.00653. The van der Waals surface area contributed by atoms with E-state index in [4.69, 9.17) is 21.1 Å². The lowest BCUT2D eigenvalue weighted by atomic mass is 9.78. The van der Waals surface area contributed by atoms with E-state index in [1.165, 1.54) is 0 Å². The molecule has 1 aliphatic heterocycles. The van der Waals surface area contributed by atoms with E-state index in [0.29, 0.717) is 30.5 Å². The molecule has 2 rings (SSSR count). The molecule has 1 heterocycles. The van der Waals surface area contributed by atoms with Crippen molar-refractivity contribution in [3.05, 3.63) is 29.3 Å². The van der Waals surface area contributed by atoms with Crippen LogP contribution in [0.25, 0.3) is 0 Å². The molecule has 0 bridgehead atoms. The van der Waals surface area contributed by atoms with Crippen molar-refractivity contribution in [2.24, 2.45) is 5.41 Å². The van der Waals surface area contributed by atoms with Crippen LogP contribution in [0, 0.1) is 5.41 Å². The maximum Gasteiger partial charge on any atom is 0.260 e. The van der Waals surface area contributed by atoms with Gasteiger partial charge in [-0.3, -0.25) is 4.79 Å². The number of halogens is 1. The number of amides is 1. The molecule has 1 aliphatic rings. The van der Waals surface area contributed by atoms with Gasteiger partial charge >= 0.3 is 0 Å². The second-order valence-corrected chi connectivity index (χ2v) is 6.50. The van der Waals surface area contributed by atoms with Crippen LogP contribution in [0.4, 0.5) is 0 Å². The SMILES string of the molecule is COCC[C@]1(CO)CCCN(C(=O)COc2ccc(Cl)cc2)C1. The number of piperidine rings is 1. The first-order valence-electron chi connectivity index (χ1n) is 7.84. The van der Waals surface area contributed by atoms with Crippen molar-refractivity contribution in [2.75, 3.05) is 40.0 Å². The van der Waals surface area contributed by atoms with E-state index in [2.05, 4.69) is 0 Å². The van der Waals surface area contributed by atoms with Gasteiger partial charge in [0.05, 0.1) is 6.61 Å². The highest BCUT2D eigenvalue weighted by molar-refractivity contribution is 6.30. The third kappa shape index (κ3) is 5.09. The van der Waals surface area contributed by atoms with Gasteiger partial charge < -0.3 is 19.5 Å². The Morgan fingerprint density at radius 1 is 1.39 bits per heavy atom. The predicted octanol–water partition coefficient (Wildman–Crippen LogP) is 2.36. The van der Waals surface area contributed by atoms with Crippen LogP contribution >= 0.6 is 11.6 Å². The maximum atomic E-state index is 12.4. The predicted molar refractivity (Wildman–Crippen MR) is 88.8 cm³/mol. The molecule has 6 heteroatoms. The molecule has 1 amide bonds. The summed E-state index contributed by atoms with van der Waals surface area (Å²) in [5, 5.41) is 10.4. The van der Waals surface area contributed by atoms with Crippen molar-refractivity contribution >= 4 is 17.5 Å². The summed E-state index contributed by atoms with van der Waals surface area (Å²) in [6, 6.07) is 6.93. The molecule has 1 fully saturated rings. The number of hydrogen-bond acceptors (Lipinski definition) is 4. The lowest BCUT2D eigenvalue weighted by molar-refractivity contribution is -0.138. The summed E-state index contributed by atoms with van der Waals surface area (Å²) in [7, 11) is 1.65. The number of hydrogen-bond donors (Lipinski definition) is 1. The second kappa shape index (κ2) is 8.52. The van der Waals surface area contributed by atoms with Gasteiger partial charge in [-0.25, -0.2) is 0 Å². The van der Waals surface area contributed by atoms with Gasteiger partial charge in [-0.05, 0) is 43.5 Å². The topological polar surface area (TPSA) is 59.0 Å². The van der Waals surface area contributed by atoms with Crippen molar-refractivity contribution in [1.29, 1.82) is 0 Å². The molecule has 0 saturated carbocycles. The molecule has 1 saturated heterocycles. The number of methoxy groups -OCH3 is 1. The van der Waals surface area contributed by atoms with Crippen LogP contribution in [0.2, 0.25) is 5.02 Å². The highest BCUT2D eigenvalue weighted by atomic mass is 35.5. The Hall–Kier alpha value is -1.30. The number of benzene rings is 1. The number of carbonyl (C=O) groups is 1. The highest BCUT2D eigenvalue weighted by Crippen LogP contribution is 2.33. The molecule has 0 radical (unpaired) electrons. The molecular formula is C17H24ClNO4. The average molecular weight is 342 g/mol. The fraction of sp³-hybridized carbons (Fsp3) is 0.588. The van der Waals surface area contributed by atoms with Crippen molar-refractivity contribution in [3.8, 4) is 5.75 Å². The zero-order chi connectivity index (χ0) is 16.7. The van der Waals surface area contributed by atoms with Crippen LogP contribution in [-0.2, 0) is 9.53 Å². The monoisotopic (exact) mass is 341 g/mol. The summed E-state index contributed by atoms with van der Waals surface area (Å²) in [4.78, 5) is 14.2. The first kappa shape index (κ1) is 18.0. The van der Waals surface area contributed by atoms with Crippen LogP contribution in [0.1, 0.15) is 19.3 Å². The van der Waals surface area contributed by atoms with Gasteiger partial charge in [-0.15, -0.1) is 0 Å². The number of carbonyl (C=O) groups excluding carboxylic acids is 1. The zero-order valence-corrected chi connectivity index (χ0v) is 14.2. The summed E-state index contributed by atoms with van der Waals surface area (Å²) < 4.78 is 10.7. The summed E-state index contributed by atoms with van der Waals surface area (Å²) in [5.74, 6) is 0.558. The summed E-state index contributed by atoms with van der Waals surface area (Å²) >= 11 is 5.82. The minimum Gasteiger partial charge on any atom is -0.484 e. The van der Waals surface area contributed by atoms with Gasteiger partial charge in [-0.2, -0.15) is 0 Å². The van der Waals surface area contributed by atoms with Crippen LogP contribution in [0.15, 0.2) is 24.3 Å². The standard InChI is InChI=1S/C17H24ClNO4/c1-22-10-8-17(13-20)7-2-9-19(12-17)16(21)11-23-15-5-3-14(18)4-6-15/h3-6,20H,2,7-13H2,1H3/t17-/m1/s1. The normalized spacial score (nSPS) is 21.3. The van der Waals surface area contributed by atoms with E-state index < -0.39 is 0 Å². The van der Waals surface area contributed by atoms with E-state index in [0.717, 1.165) is 19.3 Å². The molecule has 23 heavy (non-hydrogen) atoms. The van der Waals surface area contributed by atoms with Gasteiger partial charge in [0.15, 0.2) is 6.61 Å². The van der Waals surface area contributed by atoms with E-state index in [-0.39, 0.29) is 24.5 Å². The zero-order valence-electron chi connectivity index (χ0n) is 13.5. The third-order valence-corrected chi connectivity index (χ3v) is 4.61. The lowest BCUT2D eigenvalue weighted by Gasteiger charge is -2.41. The molecule has 1 aromatic carbocycles. The number of aliphatic hydroxyl groups excluding tert-OH is 1. The average Bonchev–Trinajstić information content (AvgIpc) is 2.59. The maximum absolute atomic E-state index is 12.4. The van der Waals surface area contributed by atoms with Gasteiger partial charge in [0, 0.05) is 37.2 Å². The molecule has 1 atom stereocenters. The van der Waals surface area contributed by atoms with Gasteiger partial charge in [0.2, 0.25) is 0 Å². The van der Waals surface area contributed by atoms with E-state index in [1.807, 2.05) is 0 Å². The Morgan fingerprint density at radius 2 is 2.13 bits per heavy atom. The smallest absolute Gasteiger partial charge is 0.260 e. The molecule has 5 nitrogen and oxygen atoms in total. The second-order valence-electron chi connectivity index (χ2n) is 6.06. The molecule has 0 unspecified atom stereocenters. The van der Waals surface area contributed by atoms with Gasteiger partial charge in [0.1, 0.15) is 5.75 Å². The molecule has 0 aromatic heterocycles. The highest BCUT2D eigenvalue weighted by Gasteiger charge is 2.36. The molecule has 128 valence electrons. The fourth-order valence-corrected chi connectivity index (χ4v) is 3.04. The van der Waals surface area contributed by atoms with Crippen molar-refractivity contribution in [1.82, 2.24) is 4.90 Å².